The van der Waals surface area contributed by atoms with Crippen LogP contribution >= 0.6 is 11.3 Å². The average molecular weight is 302 g/mol. The number of carbonyl (C=O) groups is 1. The predicted molar refractivity (Wildman–Crippen MR) is 76.6 cm³/mol. The van der Waals surface area contributed by atoms with E-state index in [0.717, 1.165) is 0 Å². The molecular formula is C14H10N2O4S. The summed E-state index contributed by atoms with van der Waals surface area (Å²) in [6, 6.07) is 6.86. The van der Waals surface area contributed by atoms with E-state index in [-0.39, 0.29) is 5.56 Å². The molecule has 6 nitrogen and oxygen atoms in total. The third-order valence-electron chi connectivity index (χ3n) is 2.75. The van der Waals surface area contributed by atoms with Gasteiger partial charge in [-0.15, -0.1) is 11.3 Å². The molecule has 0 aliphatic heterocycles. The number of pyridine rings is 1. The van der Waals surface area contributed by atoms with Gasteiger partial charge in [-0.1, -0.05) is 6.07 Å². The average Bonchev–Trinajstić information content (AvgIpc) is 3.16. The van der Waals surface area contributed by atoms with Gasteiger partial charge in [0, 0.05) is 17.5 Å². The van der Waals surface area contributed by atoms with Gasteiger partial charge in [0.05, 0.1) is 12.7 Å². The Morgan fingerprint density at radius 3 is 2.90 bits per heavy atom. The maximum absolute atomic E-state index is 10.8. The van der Waals surface area contributed by atoms with Crippen molar-refractivity contribution >= 4 is 17.3 Å². The van der Waals surface area contributed by atoms with E-state index < -0.39 is 5.97 Å². The Hall–Kier alpha value is -2.67. The standard InChI is InChI=1S/C14H10N2O4S/c1-19-12-4-2-3-9(15-12)13-16-10(7-21-13)11-5-8(6-20-11)14(17)18/h2-7H,1H3,(H,17,18). The number of furan rings is 1. The maximum Gasteiger partial charge on any atom is 0.338 e. The van der Waals surface area contributed by atoms with Gasteiger partial charge in [0.1, 0.15) is 22.7 Å². The Morgan fingerprint density at radius 2 is 2.19 bits per heavy atom. The Kier molecular flexibility index (Phi) is 3.41. The third-order valence-corrected chi connectivity index (χ3v) is 3.62. The molecule has 0 atom stereocenters. The monoisotopic (exact) mass is 302 g/mol. The van der Waals surface area contributed by atoms with Crippen molar-refractivity contribution in [1.29, 1.82) is 0 Å². The van der Waals surface area contributed by atoms with Gasteiger partial charge in [0.25, 0.3) is 0 Å². The van der Waals surface area contributed by atoms with Crippen LogP contribution in [0, 0.1) is 0 Å². The molecule has 0 aliphatic rings. The zero-order valence-electron chi connectivity index (χ0n) is 10.9. The molecule has 3 aromatic rings. The summed E-state index contributed by atoms with van der Waals surface area (Å²) in [6.45, 7) is 0. The van der Waals surface area contributed by atoms with Crippen LogP contribution in [0.15, 0.2) is 40.3 Å². The first-order chi connectivity index (χ1) is 10.2. The number of nitrogens with zero attached hydrogens (tertiary/aromatic N) is 2. The number of carboxylic acids is 1. The smallest absolute Gasteiger partial charge is 0.338 e. The van der Waals surface area contributed by atoms with Gasteiger partial charge in [-0.25, -0.2) is 14.8 Å². The second-order valence-corrected chi connectivity index (χ2v) is 4.97. The van der Waals surface area contributed by atoms with Crippen LogP contribution < -0.4 is 4.74 Å². The number of thiazole rings is 1. The summed E-state index contributed by atoms with van der Waals surface area (Å²) in [5.41, 5.74) is 1.36. The summed E-state index contributed by atoms with van der Waals surface area (Å²) in [4.78, 5) is 19.6. The number of methoxy groups -OCH3 is 1. The van der Waals surface area contributed by atoms with Crippen molar-refractivity contribution in [2.75, 3.05) is 7.11 Å². The topological polar surface area (TPSA) is 85.5 Å². The molecule has 1 N–H and O–H groups in total. The highest BCUT2D eigenvalue weighted by Crippen LogP contribution is 2.29. The van der Waals surface area contributed by atoms with Crippen molar-refractivity contribution in [3.05, 3.63) is 41.5 Å². The Labute approximate surface area is 123 Å². The van der Waals surface area contributed by atoms with Gasteiger partial charge < -0.3 is 14.3 Å². The van der Waals surface area contributed by atoms with Crippen LogP contribution in [0.3, 0.4) is 0 Å². The molecule has 0 fully saturated rings. The molecule has 0 saturated carbocycles. The Balaban J connectivity index is 1.93. The minimum Gasteiger partial charge on any atom is -0.481 e. The van der Waals surface area contributed by atoms with Gasteiger partial charge >= 0.3 is 5.97 Å². The van der Waals surface area contributed by atoms with Gasteiger partial charge in [-0.05, 0) is 6.07 Å². The van der Waals surface area contributed by atoms with E-state index in [1.807, 2.05) is 12.1 Å². The fourth-order valence-electron chi connectivity index (χ4n) is 1.73. The van der Waals surface area contributed by atoms with Gasteiger partial charge in [-0.3, -0.25) is 0 Å². The molecule has 21 heavy (non-hydrogen) atoms. The molecule has 0 unspecified atom stereocenters. The zero-order valence-corrected chi connectivity index (χ0v) is 11.8. The molecule has 106 valence electrons. The van der Waals surface area contributed by atoms with E-state index in [9.17, 15) is 4.79 Å². The lowest BCUT2D eigenvalue weighted by molar-refractivity contribution is 0.0696. The first-order valence-corrected chi connectivity index (χ1v) is 6.84. The van der Waals surface area contributed by atoms with Crippen LogP contribution in [0.2, 0.25) is 0 Å². The number of aromatic nitrogens is 2. The maximum atomic E-state index is 10.8. The predicted octanol–water partition coefficient (Wildman–Crippen LogP) is 3.17. The molecule has 0 aliphatic carbocycles. The lowest BCUT2D eigenvalue weighted by atomic mass is 10.3. The first kappa shape index (κ1) is 13.3. The van der Waals surface area contributed by atoms with Crippen LogP contribution in [0.25, 0.3) is 22.2 Å². The zero-order chi connectivity index (χ0) is 14.8. The molecule has 3 heterocycles. The van der Waals surface area contributed by atoms with E-state index in [1.165, 1.54) is 23.7 Å². The molecule has 7 heteroatoms. The number of hydrogen-bond acceptors (Lipinski definition) is 6. The minimum atomic E-state index is -1.03. The molecule has 3 aromatic heterocycles. The van der Waals surface area contributed by atoms with Crippen molar-refractivity contribution in [1.82, 2.24) is 9.97 Å². The number of carboxylic acid groups (broad SMARTS) is 1. The SMILES string of the molecule is COc1cccc(-c2nc(-c3cc(C(=O)O)co3)cs2)n1. The van der Waals surface area contributed by atoms with Crippen molar-refractivity contribution in [3.63, 3.8) is 0 Å². The quantitative estimate of drug-likeness (QED) is 0.796. The summed E-state index contributed by atoms with van der Waals surface area (Å²) in [5, 5.41) is 11.4. The largest absolute Gasteiger partial charge is 0.481 e. The molecule has 0 bridgehead atoms. The van der Waals surface area contributed by atoms with E-state index in [1.54, 1.807) is 18.6 Å². The van der Waals surface area contributed by atoms with Crippen LogP contribution in [0.5, 0.6) is 5.88 Å². The first-order valence-electron chi connectivity index (χ1n) is 5.96. The van der Waals surface area contributed by atoms with Crippen molar-refractivity contribution in [2.45, 2.75) is 0 Å². The second-order valence-electron chi connectivity index (χ2n) is 4.11. The number of ether oxygens (including phenoxy) is 1. The summed E-state index contributed by atoms with van der Waals surface area (Å²) < 4.78 is 10.3. The van der Waals surface area contributed by atoms with Crippen LogP contribution in [0.1, 0.15) is 10.4 Å². The van der Waals surface area contributed by atoms with Gasteiger partial charge in [-0.2, -0.15) is 0 Å². The number of aromatic carboxylic acids is 1. The highest BCUT2D eigenvalue weighted by molar-refractivity contribution is 7.13. The number of hydrogen-bond donors (Lipinski definition) is 1. The third kappa shape index (κ3) is 2.63. The van der Waals surface area contributed by atoms with E-state index >= 15 is 0 Å². The summed E-state index contributed by atoms with van der Waals surface area (Å²) >= 11 is 1.40. The van der Waals surface area contributed by atoms with Crippen LogP contribution in [0.4, 0.5) is 0 Å². The Morgan fingerprint density at radius 1 is 1.33 bits per heavy atom. The molecule has 0 radical (unpaired) electrons. The molecular weight excluding hydrogens is 292 g/mol. The van der Waals surface area contributed by atoms with Gasteiger partial charge in [0.2, 0.25) is 5.88 Å². The lowest BCUT2D eigenvalue weighted by Crippen LogP contribution is -1.91. The summed E-state index contributed by atoms with van der Waals surface area (Å²) in [7, 11) is 1.55. The molecule has 0 spiro atoms. The van der Waals surface area contributed by atoms with E-state index in [4.69, 9.17) is 14.3 Å². The second kappa shape index (κ2) is 5.37. The molecule has 0 saturated heterocycles. The fourth-order valence-corrected chi connectivity index (χ4v) is 2.51. The highest BCUT2D eigenvalue weighted by Gasteiger charge is 2.14. The fraction of sp³-hybridized carbons (Fsp3) is 0.0714. The van der Waals surface area contributed by atoms with Crippen molar-refractivity contribution in [2.24, 2.45) is 0 Å². The molecule has 3 rings (SSSR count). The normalized spacial score (nSPS) is 10.5. The van der Waals surface area contributed by atoms with Crippen LogP contribution in [-0.4, -0.2) is 28.2 Å². The van der Waals surface area contributed by atoms with E-state index in [0.29, 0.717) is 28.0 Å². The minimum absolute atomic E-state index is 0.0963. The van der Waals surface area contributed by atoms with Crippen molar-refractivity contribution in [3.8, 4) is 28.0 Å². The van der Waals surface area contributed by atoms with Crippen molar-refractivity contribution < 1.29 is 19.1 Å². The summed E-state index contributed by atoms with van der Waals surface area (Å²) in [5.74, 6) is -0.108. The molecule has 0 aromatic carbocycles. The summed E-state index contributed by atoms with van der Waals surface area (Å²) in [6.07, 6.45) is 1.19. The van der Waals surface area contributed by atoms with E-state index in [2.05, 4.69) is 9.97 Å². The lowest BCUT2D eigenvalue weighted by Gasteiger charge is -1.99. The van der Waals surface area contributed by atoms with Gasteiger partial charge in [0.15, 0.2) is 5.76 Å². The highest BCUT2D eigenvalue weighted by atomic mass is 32.1. The Bertz CT molecular complexity index is 794. The van der Waals surface area contributed by atoms with Crippen LogP contribution in [-0.2, 0) is 0 Å². The molecule has 0 amide bonds. The number of rotatable bonds is 4.